The fraction of sp³-hybridized carbons (Fsp3) is 0.300. The van der Waals surface area contributed by atoms with E-state index in [9.17, 15) is 17.6 Å². The van der Waals surface area contributed by atoms with E-state index in [2.05, 4.69) is 0 Å². The van der Waals surface area contributed by atoms with E-state index in [1.54, 1.807) is 0 Å². The van der Waals surface area contributed by atoms with Gasteiger partial charge in [-0.15, -0.1) is 0 Å². The van der Waals surface area contributed by atoms with Crippen LogP contribution in [0.5, 0.6) is 0 Å². The molecule has 1 rings (SSSR count). The molecule has 100 valence electrons. The molecule has 0 saturated carbocycles. The van der Waals surface area contributed by atoms with Crippen LogP contribution in [-0.2, 0) is 10.0 Å². The quantitative estimate of drug-likeness (QED) is 0.921. The van der Waals surface area contributed by atoms with Crippen molar-refractivity contribution in [3.63, 3.8) is 0 Å². The minimum absolute atomic E-state index is 0.0533. The standard InChI is InChI=1S/C10H11ClFNO4S/c1-3-13(18(2,16)17)9-6(10(14)15)4-5-7(12)8(9)11/h4-5H,3H2,1-2H3,(H,14,15). The summed E-state index contributed by atoms with van der Waals surface area (Å²) in [6, 6.07) is 1.86. The first kappa shape index (κ1) is 14.7. The molecule has 0 amide bonds. The maximum atomic E-state index is 13.4. The SMILES string of the molecule is CCN(c1c(C(=O)O)ccc(F)c1Cl)S(C)(=O)=O. The summed E-state index contributed by atoms with van der Waals surface area (Å²) in [6.07, 6.45) is 0.892. The van der Waals surface area contributed by atoms with Gasteiger partial charge in [0.25, 0.3) is 0 Å². The molecule has 0 radical (unpaired) electrons. The zero-order valence-corrected chi connectivity index (χ0v) is 11.2. The zero-order chi connectivity index (χ0) is 14.1. The summed E-state index contributed by atoms with van der Waals surface area (Å²) in [5.41, 5.74) is -0.720. The van der Waals surface area contributed by atoms with Crippen LogP contribution in [0, 0.1) is 5.82 Å². The molecule has 0 atom stereocenters. The predicted molar refractivity (Wildman–Crippen MR) is 66.2 cm³/mol. The number of nitrogens with zero attached hydrogens (tertiary/aromatic N) is 1. The number of sulfonamides is 1. The summed E-state index contributed by atoms with van der Waals surface area (Å²) in [5, 5.41) is 8.46. The molecule has 0 heterocycles. The molecule has 0 spiro atoms. The van der Waals surface area contributed by atoms with Gasteiger partial charge in [-0.1, -0.05) is 11.6 Å². The van der Waals surface area contributed by atoms with E-state index in [0.29, 0.717) is 0 Å². The Morgan fingerprint density at radius 1 is 1.50 bits per heavy atom. The van der Waals surface area contributed by atoms with Gasteiger partial charge in [0.05, 0.1) is 17.5 Å². The second-order valence-corrected chi connectivity index (χ2v) is 5.78. The second-order valence-electron chi connectivity index (χ2n) is 3.49. The molecule has 0 unspecified atom stereocenters. The Morgan fingerprint density at radius 2 is 2.06 bits per heavy atom. The first-order chi connectivity index (χ1) is 8.20. The fourth-order valence-corrected chi connectivity index (χ4v) is 2.82. The smallest absolute Gasteiger partial charge is 0.337 e. The number of carboxylic acid groups (broad SMARTS) is 1. The van der Waals surface area contributed by atoms with Crippen molar-refractivity contribution in [2.75, 3.05) is 17.1 Å². The molecule has 5 nitrogen and oxygen atoms in total. The molecule has 18 heavy (non-hydrogen) atoms. The topological polar surface area (TPSA) is 74.7 Å². The van der Waals surface area contributed by atoms with Gasteiger partial charge in [0.15, 0.2) is 0 Å². The van der Waals surface area contributed by atoms with Crippen molar-refractivity contribution >= 4 is 33.3 Å². The Hall–Kier alpha value is -1.34. The molecule has 8 heteroatoms. The molecule has 0 aliphatic carbocycles. The summed E-state index contributed by atoms with van der Waals surface area (Å²) in [5.74, 6) is -2.26. The van der Waals surface area contributed by atoms with Crippen molar-refractivity contribution in [2.45, 2.75) is 6.92 Å². The average molecular weight is 296 g/mol. The van der Waals surface area contributed by atoms with Crippen LogP contribution >= 0.6 is 11.6 Å². The lowest BCUT2D eigenvalue weighted by atomic mass is 10.1. The molecule has 0 aliphatic heterocycles. The lowest BCUT2D eigenvalue weighted by Gasteiger charge is -2.23. The van der Waals surface area contributed by atoms with Gasteiger partial charge < -0.3 is 5.11 Å². The molecule has 0 bridgehead atoms. The van der Waals surface area contributed by atoms with Crippen molar-refractivity contribution in [3.05, 3.63) is 28.5 Å². The lowest BCUT2D eigenvalue weighted by molar-refractivity contribution is 0.0697. The summed E-state index contributed by atoms with van der Waals surface area (Å²) in [7, 11) is -3.74. The average Bonchev–Trinajstić information content (AvgIpc) is 2.23. The van der Waals surface area contributed by atoms with Crippen LogP contribution in [-0.4, -0.2) is 32.3 Å². The van der Waals surface area contributed by atoms with Gasteiger partial charge in [0.2, 0.25) is 10.0 Å². The van der Waals surface area contributed by atoms with Gasteiger partial charge in [-0.05, 0) is 19.1 Å². The van der Waals surface area contributed by atoms with Crippen LogP contribution in [0.3, 0.4) is 0 Å². The first-order valence-electron chi connectivity index (χ1n) is 4.89. The van der Waals surface area contributed by atoms with E-state index < -0.39 is 26.8 Å². The normalized spacial score (nSPS) is 11.3. The van der Waals surface area contributed by atoms with E-state index in [-0.39, 0.29) is 17.8 Å². The van der Waals surface area contributed by atoms with Gasteiger partial charge in [-0.2, -0.15) is 0 Å². The van der Waals surface area contributed by atoms with Gasteiger partial charge in [-0.3, -0.25) is 4.31 Å². The van der Waals surface area contributed by atoms with Crippen molar-refractivity contribution in [1.82, 2.24) is 0 Å². The molecule has 0 saturated heterocycles. The summed E-state index contributed by atoms with van der Waals surface area (Å²) < 4.78 is 37.2. The minimum Gasteiger partial charge on any atom is -0.478 e. The van der Waals surface area contributed by atoms with E-state index in [4.69, 9.17) is 16.7 Å². The second kappa shape index (κ2) is 5.11. The number of aromatic carboxylic acids is 1. The van der Waals surface area contributed by atoms with Crippen LogP contribution in [0.25, 0.3) is 0 Å². The molecule has 0 aromatic heterocycles. The number of halogens is 2. The highest BCUT2D eigenvalue weighted by Gasteiger charge is 2.26. The number of benzene rings is 1. The van der Waals surface area contributed by atoms with Gasteiger partial charge in [-0.25, -0.2) is 17.6 Å². The summed E-state index contributed by atoms with van der Waals surface area (Å²) >= 11 is 5.68. The van der Waals surface area contributed by atoms with Crippen molar-refractivity contribution < 1.29 is 22.7 Å². The fourth-order valence-electron chi connectivity index (χ4n) is 1.51. The maximum Gasteiger partial charge on any atom is 0.337 e. The third kappa shape index (κ3) is 2.73. The van der Waals surface area contributed by atoms with Crippen molar-refractivity contribution in [2.24, 2.45) is 0 Å². The number of carboxylic acids is 1. The van der Waals surface area contributed by atoms with Gasteiger partial charge >= 0.3 is 5.97 Å². The molecular formula is C10H11ClFNO4S. The molecule has 1 N–H and O–H groups in total. The zero-order valence-electron chi connectivity index (χ0n) is 9.65. The summed E-state index contributed by atoms with van der Waals surface area (Å²) in [6.45, 7) is 1.44. The summed E-state index contributed by atoms with van der Waals surface area (Å²) in [4.78, 5) is 11.0. The number of hydrogen-bond donors (Lipinski definition) is 1. The Bertz CT molecular complexity index is 588. The number of hydrogen-bond acceptors (Lipinski definition) is 3. The van der Waals surface area contributed by atoms with Gasteiger partial charge in [0.1, 0.15) is 10.8 Å². The Labute approximate surface area is 109 Å². The van der Waals surface area contributed by atoms with Crippen LogP contribution < -0.4 is 4.31 Å². The molecular weight excluding hydrogens is 285 g/mol. The minimum atomic E-state index is -3.74. The number of anilines is 1. The van der Waals surface area contributed by atoms with E-state index in [1.165, 1.54) is 6.92 Å². The largest absolute Gasteiger partial charge is 0.478 e. The third-order valence-electron chi connectivity index (χ3n) is 2.24. The lowest BCUT2D eigenvalue weighted by Crippen LogP contribution is -2.31. The monoisotopic (exact) mass is 295 g/mol. The predicted octanol–water partition coefficient (Wildman–Crippen LogP) is 1.96. The van der Waals surface area contributed by atoms with Crippen LogP contribution in [0.4, 0.5) is 10.1 Å². The maximum absolute atomic E-state index is 13.4. The van der Waals surface area contributed by atoms with Crippen molar-refractivity contribution in [1.29, 1.82) is 0 Å². The van der Waals surface area contributed by atoms with Crippen molar-refractivity contribution in [3.8, 4) is 0 Å². The molecule has 1 aromatic rings. The molecule has 1 aromatic carbocycles. The van der Waals surface area contributed by atoms with E-state index >= 15 is 0 Å². The Morgan fingerprint density at radius 3 is 2.44 bits per heavy atom. The Kier molecular flexibility index (Phi) is 4.18. The van der Waals surface area contributed by atoms with E-state index in [0.717, 1.165) is 22.7 Å². The Balaban J connectivity index is 3.64. The number of rotatable bonds is 4. The molecule has 0 fully saturated rings. The van der Waals surface area contributed by atoms with Gasteiger partial charge in [0, 0.05) is 6.54 Å². The van der Waals surface area contributed by atoms with Crippen LogP contribution in [0.1, 0.15) is 17.3 Å². The first-order valence-corrected chi connectivity index (χ1v) is 7.11. The van der Waals surface area contributed by atoms with E-state index in [1.807, 2.05) is 0 Å². The highest BCUT2D eigenvalue weighted by Crippen LogP contribution is 2.33. The highest BCUT2D eigenvalue weighted by molar-refractivity contribution is 7.92. The number of carbonyl (C=O) groups is 1. The third-order valence-corrected chi connectivity index (χ3v) is 3.84. The highest BCUT2D eigenvalue weighted by atomic mass is 35.5. The van der Waals surface area contributed by atoms with Crippen LogP contribution in [0.2, 0.25) is 5.02 Å². The van der Waals surface area contributed by atoms with Crippen LogP contribution in [0.15, 0.2) is 12.1 Å². The molecule has 0 aliphatic rings.